The highest BCUT2D eigenvalue weighted by Crippen LogP contribution is 2.31. The normalized spacial score (nSPS) is 11.7. The van der Waals surface area contributed by atoms with Gasteiger partial charge < -0.3 is 5.11 Å². The van der Waals surface area contributed by atoms with Crippen LogP contribution < -0.4 is 5.56 Å². The average Bonchev–Trinajstić information content (AvgIpc) is 2.94. The van der Waals surface area contributed by atoms with Crippen LogP contribution in [0.25, 0.3) is 16.9 Å². The van der Waals surface area contributed by atoms with Crippen LogP contribution in [0, 0.1) is 6.92 Å². The highest BCUT2D eigenvalue weighted by Gasteiger charge is 2.20. The summed E-state index contributed by atoms with van der Waals surface area (Å²) >= 11 is 8.07. The number of hydrogen-bond acceptors (Lipinski definition) is 4. The van der Waals surface area contributed by atoms with E-state index in [0.29, 0.717) is 21.9 Å². The number of halogens is 1. The largest absolute Gasteiger partial charge is 0.395 e. The Bertz CT molecular complexity index is 1020. The molecule has 5 nitrogen and oxygen atoms in total. The molecule has 0 saturated carbocycles. The first-order valence-electron chi connectivity index (χ1n) is 8.46. The number of thioether (sulfide) groups is 1. The van der Waals surface area contributed by atoms with E-state index < -0.39 is 0 Å². The van der Waals surface area contributed by atoms with Gasteiger partial charge in [-0.15, -0.1) is 16.9 Å². The van der Waals surface area contributed by atoms with Crippen LogP contribution in [0.1, 0.15) is 31.0 Å². The molecule has 26 heavy (non-hydrogen) atoms. The van der Waals surface area contributed by atoms with Crippen molar-refractivity contribution in [2.24, 2.45) is 0 Å². The summed E-state index contributed by atoms with van der Waals surface area (Å²) in [5.74, 6) is 0.661. The molecule has 0 aliphatic carbocycles. The third kappa shape index (κ3) is 3.17. The van der Waals surface area contributed by atoms with Crippen molar-refractivity contribution in [1.29, 1.82) is 0 Å². The fourth-order valence-corrected chi connectivity index (χ4v) is 3.89. The number of aryl methyl sites for hydroxylation is 1. The Balaban J connectivity index is 2.37. The van der Waals surface area contributed by atoms with Crippen molar-refractivity contribution >= 4 is 28.9 Å². The zero-order chi connectivity index (χ0) is 19.0. The van der Waals surface area contributed by atoms with E-state index in [1.54, 1.807) is 16.3 Å². The number of aliphatic hydroxyl groups excluding tert-OH is 1. The minimum absolute atomic E-state index is 0.151. The molecule has 0 aliphatic rings. The lowest BCUT2D eigenvalue weighted by Crippen LogP contribution is -2.28. The summed E-state index contributed by atoms with van der Waals surface area (Å²) in [6.45, 7) is 6.05. The van der Waals surface area contributed by atoms with Gasteiger partial charge in [-0.25, -0.2) is 4.52 Å². The minimum atomic E-state index is -0.161. The van der Waals surface area contributed by atoms with E-state index in [-0.39, 0.29) is 24.6 Å². The Labute approximate surface area is 161 Å². The Kier molecular flexibility index (Phi) is 5.46. The number of aliphatic hydroxyl groups is 1. The predicted molar refractivity (Wildman–Crippen MR) is 108 cm³/mol. The van der Waals surface area contributed by atoms with Crippen molar-refractivity contribution in [1.82, 2.24) is 14.2 Å². The van der Waals surface area contributed by atoms with Crippen molar-refractivity contribution in [3.05, 3.63) is 50.9 Å². The lowest BCUT2D eigenvalue weighted by Gasteiger charge is -2.15. The molecule has 0 radical (unpaired) electrons. The van der Waals surface area contributed by atoms with Gasteiger partial charge in [0.25, 0.3) is 5.56 Å². The first-order valence-corrected chi connectivity index (χ1v) is 10.1. The maximum absolute atomic E-state index is 13.2. The number of fused-ring (bicyclic) bond motifs is 1. The van der Waals surface area contributed by atoms with E-state index in [1.165, 1.54) is 4.57 Å². The van der Waals surface area contributed by atoms with Crippen LogP contribution in [-0.2, 0) is 6.54 Å². The molecule has 138 valence electrons. The molecule has 2 aromatic heterocycles. The molecule has 1 N–H and O–H groups in total. The molecule has 0 fully saturated rings. The topological polar surface area (TPSA) is 59.5 Å². The second kappa shape index (κ2) is 7.47. The number of hydrogen-bond donors (Lipinski definition) is 1. The SMILES string of the molecule is CSc1ccc(-c2nn3c(C)cc(C(C)C)c3c(=O)n2CCO)c(Cl)c1. The van der Waals surface area contributed by atoms with Gasteiger partial charge in [-0.2, -0.15) is 0 Å². The van der Waals surface area contributed by atoms with Crippen LogP contribution in [0.2, 0.25) is 5.02 Å². The Morgan fingerprint density at radius 2 is 2.04 bits per heavy atom. The highest BCUT2D eigenvalue weighted by atomic mass is 35.5. The third-order valence-electron chi connectivity index (χ3n) is 4.44. The smallest absolute Gasteiger partial charge is 0.278 e. The number of aromatic nitrogens is 3. The van der Waals surface area contributed by atoms with Gasteiger partial charge in [0.2, 0.25) is 0 Å². The van der Waals surface area contributed by atoms with E-state index in [0.717, 1.165) is 16.2 Å². The molecular formula is C19H22ClN3O2S. The van der Waals surface area contributed by atoms with Gasteiger partial charge in [-0.3, -0.25) is 9.36 Å². The lowest BCUT2D eigenvalue weighted by atomic mass is 10.1. The molecular weight excluding hydrogens is 370 g/mol. The van der Waals surface area contributed by atoms with Crippen molar-refractivity contribution < 1.29 is 5.11 Å². The Morgan fingerprint density at radius 3 is 2.62 bits per heavy atom. The first-order chi connectivity index (χ1) is 12.4. The summed E-state index contributed by atoms with van der Waals surface area (Å²) < 4.78 is 3.21. The molecule has 3 aromatic rings. The van der Waals surface area contributed by atoms with Crippen LogP contribution in [0.3, 0.4) is 0 Å². The summed E-state index contributed by atoms with van der Waals surface area (Å²) in [6.07, 6.45) is 1.98. The maximum Gasteiger partial charge on any atom is 0.278 e. The van der Waals surface area contributed by atoms with Crippen LogP contribution in [0.4, 0.5) is 0 Å². The van der Waals surface area contributed by atoms with Crippen LogP contribution in [0.15, 0.2) is 34.0 Å². The molecule has 1 aromatic carbocycles. The van der Waals surface area contributed by atoms with Crippen LogP contribution in [-0.4, -0.2) is 32.2 Å². The quantitative estimate of drug-likeness (QED) is 0.669. The fourth-order valence-electron chi connectivity index (χ4n) is 3.12. The molecule has 0 unspecified atom stereocenters. The molecule has 0 bridgehead atoms. The van der Waals surface area contributed by atoms with Crippen molar-refractivity contribution in [2.45, 2.75) is 38.1 Å². The number of nitrogens with zero attached hydrogens (tertiary/aromatic N) is 3. The van der Waals surface area contributed by atoms with E-state index >= 15 is 0 Å². The zero-order valence-electron chi connectivity index (χ0n) is 15.3. The lowest BCUT2D eigenvalue weighted by molar-refractivity contribution is 0.274. The van der Waals surface area contributed by atoms with E-state index in [1.807, 2.05) is 37.4 Å². The molecule has 2 heterocycles. The van der Waals surface area contributed by atoms with Gasteiger partial charge in [-0.1, -0.05) is 25.4 Å². The first kappa shape index (κ1) is 19.0. The second-order valence-corrected chi connectivity index (χ2v) is 7.79. The van der Waals surface area contributed by atoms with Crippen LogP contribution in [0.5, 0.6) is 0 Å². The molecule has 0 aliphatic heterocycles. The van der Waals surface area contributed by atoms with Gasteiger partial charge in [0.05, 0.1) is 18.2 Å². The maximum atomic E-state index is 13.2. The van der Waals surface area contributed by atoms with Gasteiger partial charge in [-0.05, 0) is 48.9 Å². The van der Waals surface area contributed by atoms with Crippen LogP contribution >= 0.6 is 23.4 Å². The molecule has 0 amide bonds. The average molecular weight is 392 g/mol. The summed E-state index contributed by atoms with van der Waals surface area (Å²) in [6, 6.07) is 7.69. The highest BCUT2D eigenvalue weighted by molar-refractivity contribution is 7.98. The van der Waals surface area contributed by atoms with E-state index in [4.69, 9.17) is 16.7 Å². The summed E-state index contributed by atoms with van der Waals surface area (Å²) in [7, 11) is 0. The molecule has 3 rings (SSSR count). The third-order valence-corrected chi connectivity index (χ3v) is 5.48. The summed E-state index contributed by atoms with van der Waals surface area (Å²) in [4.78, 5) is 14.3. The number of benzene rings is 1. The molecule has 0 atom stereocenters. The summed E-state index contributed by atoms with van der Waals surface area (Å²) in [5, 5.41) is 14.7. The van der Waals surface area contributed by atoms with Gasteiger partial charge in [0, 0.05) is 16.2 Å². The van der Waals surface area contributed by atoms with Gasteiger partial charge in [0.15, 0.2) is 5.82 Å². The van der Waals surface area contributed by atoms with E-state index in [2.05, 4.69) is 13.8 Å². The van der Waals surface area contributed by atoms with Crippen molar-refractivity contribution in [3.8, 4) is 11.4 Å². The standard InChI is InChI=1S/C19H22ClN3O2S/c1-11(2)15-9-12(3)23-17(15)19(25)22(7-8-24)18(21-23)14-6-5-13(26-4)10-16(14)20/h5-6,9-11,24H,7-8H2,1-4H3. The minimum Gasteiger partial charge on any atom is -0.395 e. The van der Waals surface area contributed by atoms with Gasteiger partial charge in [0.1, 0.15) is 5.52 Å². The van der Waals surface area contributed by atoms with Crippen molar-refractivity contribution in [3.63, 3.8) is 0 Å². The zero-order valence-corrected chi connectivity index (χ0v) is 16.9. The van der Waals surface area contributed by atoms with E-state index in [9.17, 15) is 9.90 Å². The monoisotopic (exact) mass is 391 g/mol. The Morgan fingerprint density at radius 1 is 1.31 bits per heavy atom. The molecule has 0 saturated heterocycles. The molecule has 0 spiro atoms. The fraction of sp³-hybridized carbons (Fsp3) is 0.368. The molecule has 7 heteroatoms. The van der Waals surface area contributed by atoms with Crippen molar-refractivity contribution in [2.75, 3.05) is 12.9 Å². The van der Waals surface area contributed by atoms with Gasteiger partial charge >= 0.3 is 0 Å². The summed E-state index contributed by atoms with van der Waals surface area (Å²) in [5.41, 5.74) is 2.94. The number of rotatable bonds is 5. The predicted octanol–water partition coefficient (Wildman–Crippen LogP) is 3.96. The Hall–Kier alpha value is -1.76. The second-order valence-electron chi connectivity index (χ2n) is 6.51.